The van der Waals surface area contributed by atoms with Gasteiger partial charge in [-0.3, -0.25) is 0 Å². The number of benzene rings is 1. The number of nitrogens with zero attached hydrogens (tertiary/aromatic N) is 3. The van der Waals surface area contributed by atoms with Crippen molar-refractivity contribution in [2.75, 3.05) is 20.2 Å². The van der Waals surface area contributed by atoms with Crippen LogP contribution in [0.2, 0.25) is 0 Å². The lowest BCUT2D eigenvalue weighted by atomic mass is 9.95. The van der Waals surface area contributed by atoms with Gasteiger partial charge in [-0.05, 0) is 37.5 Å². The van der Waals surface area contributed by atoms with E-state index >= 15 is 0 Å². The van der Waals surface area contributed by atoms with E-state index in [1.54, 1.807) is 22.8 Å². The third-order valence-electron chi connectivity index (χ3n) is 4.66. The molecular formula is C17H23N3O3S. The summed E-state index contributed by atoms with van der Waals surface area (Å²) in [6, 6.07) is 5.25. The van der Waals surface area contributed by atoms with Gasteiger partial charge in [0.05, 0.1) is 13.4 Å². The van der Waals surface area contributed by atoms with Gasteiger partial charge in [0.15, 0.2) is 0 Å². The lowest BCUT2D eigenvalue weighted by Crippen LogP contribution is -2.38. The van der Waals surface area contributed by atoms with Gasteiger partial charge in [0.2, 0.25) is 10.0 Å². The minimum Gasteiger partial charge on any atom is -0.495 e. The first-order valence-corrected chi connectivity index (χ1v) is 9.48. The highest BCUT2D eigenvalue weighted by Crippen LogP contribution is 2.33. The first-order chi connectivity index (χ1) is 11.4. The van der Waals surface area contributed by atoms with Gasteiger partial charge in [-0.25, -0.2) is 13.4 Å². The summed E-state index contributed by atoms with van der Waals surface area (Å²) in [6.07, 6.45) is 5.26. The molecule has 0 aliphatic carbocycles. The number of piperidine rings is 1. The van der Waals surface area contributed by atoms with Gasteiger partial charge in [0.1, 0.15) is 10.6 Å². The molecule has 0 radical (unpaired) electrons. The molecule has 1 fully saturated rings. The van der Waals surface area contributed by atoms with Crippen molar-refractivity contribution in [1.82, 2.24) is 13.9 Å². The molecule has 2 heterocycles. The van der Waals surface area contributed by atoms with E-state index in [0.717, 1.165) is 18.4 Å². The number of methoxy groups -OCH3 is 1. The van der Waals surface area contributed by atoms with Crippen molar-refractivity contribution in [3.8, 4) is 5.75 Å². The van der Waals surface area contributed by atoms with Crippen molar-refractivity contribution in [3.05, 3.63) is 42.0 Å². The molecule has 2 aromatic rings. The summed E-state index contributed by atoms with van der Waals surface area (Å²) in [5.41, 5.74) is 2.07. The third-order valence-corrected chi connectivity index (χ3v) is 6.58. The standard InChI is InChI=1S/C17H23N3O3S/c1-13-4-5-16(23-3)17(10-13)24(21,22)20-8-6-14(7-9-20)15-11-18-12-19(15)2/h4-5,10-12,14H,6-9H2,1-3H3. The number of hydrogen-bond donors (Lipinski definition) is 0. The molecule has 0 atom stereocenters. The van der Waals surface area contributed by atoms with Crippen LogP contribution in [-0.4, -0.2) is 42.5 Å². The SMILES string of the molecule is COc1ccc(C)cc1S(=O)(=O)N1CCC(c2cncn2C)CC1. The van der Waals surface area contributed by atoms with Gasteiger partial charge in [0, 0.05) is 37.9 Å². The van der Waals surface area contributed by atoms with Gasteiger partial charge >= 0.3 is 0 Å². The van der Waals surface area contributed by atoms with E-state index in [-0.39, 0.29) is 4.90 Å². The van der Waals surface area contributed by atoms with Crippen molar-refractivity contribution in [3.63, 3.8) is 0 Å². The van der Waals surface area contributed by atoms with Crippen molar-refractivity contribution in [1.29, 1.82) is 0 Å². The zero-order chi connectivity index (χ0) is 17.3. The molecule has 1 aliphatic rings. The minimum atomic E-state index is -3.54. The summed E-state index contributed by atoms with van der Waals surface area (Å²) < 4.78 is 34.9. The van der Waals surface area contributed by atoms with E-state index in [1.165, 1.54) is 12.8 Å². The Labute approximate surface area is 143 Å². The quantitative estimate of drug-likeness (QED) is 0.850. The van der Waals surface area contributed by atoms with E-state index in [9.17, 15) is 8.42 Å². The van der Waals surface area contributed by atoms with E-state index in [0.29, 0.717) is 24.8 Å². The molecule has 7 heteroatoms. The summed E-state index contributed by atoms with van der Waals surface area (Å²) in [5.74, 6) is 0.748. The minimum absolute atomic E-state index is 0.254. The predicted molar refractivity (Wildman–Crippen MR) is 91.7 cm³/mol. The van der Waals surface area contributed by atoms with Crippen LogP contribution in [0.1, 0.15) is 30.0 Å². The summed E-state index contributed by atoms with van der Waals surface area (Å²) >= 11 is 0. The van der Waals surface area contributed by atoms with Crippen molar-refractivity contribution in [2.24, 2.45) is 7.05 Å². The second kappa shape index (κ2) is 6.57. The molecule has 130 valence electrons. The molecule has 0 N–H and O–H groups in total. The number of aromatic nitrogens is 2. The molecule has 6 nitrogen and oxygen atoms in total. The topological polar surface area (TPSA) is 64.4 Å². The van der Waals surface area contributed by atoms with Crippen LogP contribution >= 0.6 is 0 Å². The van der Waals surface area contributed by atoms with Gasteiger partial charge in [-0.1, -0.05) is 6.07 Å². The number of sulfonamides is 1. The van der Waals surface area contributed by atoms with Crippen LogP contribution in [0.15, 0.2) is 35.6 Å². The van der Waals surface area contributed by atoms with Crippen LogP contribution in [0.25, 0.3) is 0 Å². The van der Waals surface area contributed by atoms with Gasteiger partial charge < -0.3 is 9.30 Å². The summed E-state index contributed by atoms with van der Waals surface area (Å²) in [7, 11) is -0.0702. The Morgan fingerprint density at radius 3 is 2.54 bits per heavy atom. The summed E-state index contributed by atoms with van der Waals surface area (Å²) in [6.45, 7) is 2.90. The zero-order valence-electron chi connectivity index (χ0n) is 14.3. The van der Waals surface area contributed by atoms with Crippen molar-refractivity contribution < 1.29 is 13.2 Å². The van der Waals surface area contributed by atoms with E-state index in [1.807, 2.05) is 30.8 Å². The number of hydrogen-bond acceptors (Lipinski definition) is 4. The smallest absolute Gasteiger partial charge is 0.246 e. The molecule has 3 rings (SSSR count). The third kappa shape index (κ3) is 3.06. The van der Waals surface area contributed by atoms with Crippen LogP contribution in [0.5, 0.6) is 5.75 Å². The van der Waals surface area contributed by atoms with Crippen LogP contribution in [0.4, 0.5) is 0 Å². The largest absolute Gasteiger partial charge is 0.495 e. The summed E-state index contributed by atoms with van der Waals surface area (Å²) in [5, 5.41) is 0. The average molecular weight is 349 g/mol. The molecule has 1 aromatic carbocycles. The van der Waals surface area contributed by atoms with E-state index in [4.69, 9.17) is 4.74 Å². The summed E-state index contributed by atoms with van der Waals surface area (Å²) in [4.78, 5) is 4.41. The first-order valence-electron chi connectivity index (χ1n) is 8.04. The molecular weight excluding hydrogens is 326 g/mol. The fourth-order valence-electron chi connectivity index (χ4n) is 3.28. The fourth-order valence-corrected chi connectivity index (χ4v) is 4.99. The van der Waals surface area contributed by atoms with Gasteiger partial charge in [-0.15, -0.1) is 0 Å². The number of aryl methyl sites for hydroxylation is 2. The maximum atomic E-state index is 13.0. The number of ether oxygens (including phenoxy) is 1. The highest BCUT2D eigenvalue weighted by atomic mass is 32.2. The highest BCUT2D eigenvalue weighted by molar-refractivity contribution is 7.89. The maximum Gasteiger partial charge on any atom is 0.246 e. The molecule has 0 unspecified atom stereocenters. The van der Waals surface area contributed by atoms with Crippen molar-refractivity contribution >= 4 is 10.0 Å². The Morgan fingerprint density at radius 2 is 1.96 bits per heavy atom. The Bertz CT molecular complexity index is 821. The van der Waals surface area contributed by atoms with Crippen LogP contribution in [0, 0.1) is 6.92 Å². The molecule has 1 saturated heterocycles. The monoisotopic (exact) mass is 349 g/mol. The predicted octanol–water partition coefficient (Wildman–Crippen LogP) is 2.31. The van der Waals surface area contributed by atoms with E-state index in [2.05, 4.69) is 4.98 Å². The van der Waals surface area contributed by atoms with E-state index < -0.39 is 10.0 Å². The molecule has 0 amide bonds. The Hall–Kier alpha value is -1.86. The maximum absolute atomic E-state index is 13.0. The Kier molecular flexibility index (Phi) is 4.64. The zero-order valence-corrected chi connectivity index (χ0v) is 15.1. The molecule has 1 aliphatic heterocycles. The molecule has 1 aromatic heterocycles. The second-order valence-corrected chi connectivity index (χ2v) is 8.17. The Morgan fingerprint density at radius 1 is 1.25 bits per heavy atom. The second-order valence-electron chi connectivity index (χ2n) is 6.26. The molecule has 0 spiro atoms. The lowest BCUT2D eigenvalue weighted by molar-refractivity contribution is 0.312. The molecule has 0 saturated carbocycles. The van der Waals surface area contributed by atoms with Crippen LogP contribution in [-0.2, 0) is 17.1 Å². The van der Waals surface area contributed by atoms with Gasteiger partial charge in [0.25, 0.3) is 0 Å². The normalized spacial score (nSPS) is 17.1. The average Bonchev–Trinajstić information content (AvgIpc) is 3.01. The van der Waals surface area contributed by atoms with Gasteiger partial charge in [-0.2, -0.15) is 4.31 Å². The van der Waals surface area contributed by atoms with Crippen molar-refractivity contribution in [2.45, 2.75) is 30.6 Å². The Balaban J connectivity index is 1.81. The number of rotatable bonds is 4. The first kappa shape index (κ1) is 17.0. The molecule has 0 bridgehead atoms. The van der Waals surface area contributed by atoms with Crippen LogP contribution in [0.3, 0.4) is 0 Å². The molecule has 24 heavy (non-hydrogen) atoms. The number of imidazole rings is 1. The lowest BCUT2D eigenvalue weighted by Gasteiger charge is -2.31. The fraction of sp³-hybridized carbons (Fsp3) is 0.471. The van der Waals surface area contributed by atoms with Crippen LogP contribution < -0.4 is 4.74 Å². The highest BCUT2D eigenvalue weighted by Gasteiger charge is 2.32.